The largest absolute Gasteiger partial charge is 0.444 e. The van der Waals surface area contributed by atoms with Crippen molar-refractivity contribution in [3.05, 3.63) is 52.5 Å². The van der Waals surface area contributed by atoms with E-state index in [1.165, 1.54) is 11.3 Å². The van der Waals surface area contributed by atoms with E-state index in [2.05, 4.69) is 10.3 Å². The second-order valence-electron chi connectivity index (χ2n) is 9.49. The van der Waals surface area contributed by atoms with Gasteiger partial charge in [0.05, 0.1) is 24.1 Å². The Balaban J connectivity index is 1.72. The van der Waals surface area contributed by atoms with E-state index in [-0.39, 0.29) is 24.1 Å². The van der Waals surface area contributed by atoms with Gasteiger partial charge < -0.3 is 19.7 Å². The summed E-state index contributed by atoms with van der Waals surface area (Å²) >= 11 is 1.53. The third-order valence-electron chi connectivity index (χ3n) is 5.83. The van der Waals surface area contributed by atoms with Crippen molar-refractivity contribution < 1.29 is 19.1 Å². The molecule has 1 aromatic carbocycles. The Bertz CT molecular complexity index is 898. The van der Waals surface area contributed by atoms with E-state index in [0.717, 1.165) is 23.4 Å². The molecule has 8 heteroatoms. The first-order valence-corrected chi connectivity index (χ1v) is 12.3. The number of rotatable bonds is 8. The number of nitrogens with one attached hydrogen (secondary N) is 1. The molecular formula is C25H35N3O4S. The Hall–Kier alpha value is -2.45. The number of thiazole rings is 1. The number of carbonyl (C=O) groups is 2. The Labute approximate surface area is 200 Å². The molecule has 0 aliphatic carbocycles. The summed E-state index contributed by atoms with van der Waals surface area (Å²) in [5.41, 5.74) is 0.551. The van der Waals surface area contributed by atoms with Gasteiger partial charge in [0, 0.05) is 25.2 Å². The molecule has 4 unspecified atom stereocenters. The lowest BCUT2D eigenvalue weighted by atomic mass is 9.94. The van der Waals surface area contributed by atoms with E-state index < -0.39 is 17.6 Å². The molecule has 7 nitrogen and oxygen atoms in total. The molecule has 1 N–H and O–H groups in total. The molecule has 4 atom stereocenters. The number of amides is 2. The summed E-state index contributed by atoms with van der Waals surface area (Å²) in [4.78, 5) is 32.3. The highest BCUT2D eigenvalue weighted by Crippen LogP contribution is 2.29. The molecule has 0 spiro atoms. The van der Waals surface area contributed by atoms with Crippen molar-refractivity contribution in [2.75, 3.05) is 13.7 Å². The predicted molar refractivity (Wildman–Crippen MR) is 129 cm³/mol. The highest BCUT2D eigenvalue weighted by atomic mass is 32.1. The fraction of sp³-hybridized carbons (Fsp3) is 0.560. The summed E-state index contributed by atoms with van der Waals surface area (Å²) in [7, 11) is 1.60. The van der Waals surface area contributed by atoms with Gasteiger partial charge in [-0.05, 0) is 45.6 Å². The first kappa shape index (κ1) is 25.2. The van der Waals surface area contributed by atoms with E-state index in [1.807, 2.05) is 63.4 Å². The van der Waals surface area contributed by atoms with Gasteiger partial charge >= 0.3 is 6.09 Å². The molecule has 0 radical (unpaired) electrons. The highest BCUT2D eigenvalue weighted by molar-refractivity contribution is 7.09. The SMILES string of the molecule is COC(C(C)C(=O)NC(Cc1ccccc1)c1nccs1)C1CCCN1C(=O)OC(C)(C)C. The number of likely N-dealkylation sites (tertiary alicyclic amines) is 1. The van der Waals surface area contributed by atoms with Gasteiger partial charge in [-0.25, -0.2) is 9.78 Å². The van der Waals surface area contributed by atoms with Crippen LogP contribution in [0.1, 0.15) is 57.1 Å². The van der Waals surface area contributed by atoms with Gasteiger partial charge in [0.15, 0.2) is 0 Å². The molecule has 1 aromatic heterocycles. The number of methoxy groups -OCH3 is 1. The lowest BCUT2D eigenvalue weighted by molar-refractivity contribution is -0.131. The van der Waals surface area contributed by atoms with Crippen LogP contribution in [0.15, 0.2) is 41.9 Å². The quantitative estimate of drug-likeness (QED) is 0.606. The highest BCUT2D eigenvalue weighted by Gasteiger charge is 2.41. The minimum atomic E-state index is -0.575. The number of hydrogen-bond donors (Lipinski definition) is 1. The van der Waals surface area contributed by atoms with Crippen molar-refractivity contribution >= 4 is 23.3 Å². The van der Waals surface area contributed by atoms with Crippen LogP contribution in [0.5, 0.6) is 0 Å². The Morgan fingerprint density at radius 3 is 2.61 bits per heavy atom. The summed E-state index contributed by atoms with van der Waals surface area (Å²) < 4.78 is 11.4. The number of benzene rings is 1. The average Bonchev–Trinajstić information content (AvgIpc) is 3.46. The average molecular weight is 474 g/mol. The molecule has 0 saturated carbocycles. The molecule has 1 fully saturated rings. The summed E-state index contributed by atoms with van der Waals surface area (Å²) in [6.07, 6.45) is 3.24. The van der Waals surface area contributed by atoms with Gasteiger partial charge in [-0.1, -0.05) is 37.3 Å². The predicted octanol–water partition coefficient (Wildman–Crippen LogP) is 4.59. The summed E-state index contributed by atoms with van der Waals surface area (Å²) in [5.74, 6) is -0.574. The number of nitrogens with zero attached hydrogens (tertiary/aromatic N) is 2. The van der Waals surface area contributed by atoms with Gasteiger partial charge in [-0.3, -0.25) is 4.79 Å². The summed E-state index contributed by atoms with van der Waals surface area (Å²) in [5, 5.41) is 5.96. The van der Waals surface area contributed by atoms with Gasteiger partial charge in [-0.15, -0.1) is 11.3 Å². The van der Waals surface area contributed by atoms with Crippen LogP contribution in [-0.4, -0.2) is 53.3 Å². The molecule has 1 aliphatic rings. The number of carbonyl (C=O) groups excluding carboxylic acids is 2. The molecule has 33 heavy (non-hydrogen) atoms. The fourth-order valence-electron chi connectivity index (χ4n) is 4.28. The van der Waals surface area contributed by atoms with Crippen LogP contribution in [0.4, 0.5) is 4.79 Å². The zero-order valence-corrected chi connectivity index (χ0v) is 20.9. The van der Waals surface area contributed by atoms with Gasteiger partial charge in [0.2, 0.25) is 5.91 Å². The van der Waals surface area contributed by atoms with Crippen molar-refractivity contribution in [3.8, 4) is 0 Å². The van der Waals surface area contributed by atoms with Crippen LogP contribution >= 0.6 is 11.3 Å². The second kappa shape index (κ2) is 11.1. The van der Waals surface area contributed by atoms with Crippen LogP contribution in [0.2, 0.25) is 0 Å². The maximum Gasteiger partial charge on any atom is 0.410 e. The van der Waals surface area contributed by atoms with Crippen LogP contribution in [0.25, 0.3) is 0 Å². The van der Waals surface area contributed by atoms with E-state index >= 15 is 0 Å². The Morgan fingerprint density at radius 2 is 2.00 bits per heavy atom. The maximum atomic E-state index is 13.4. The third-order valence-corrected chi connectivity index (χ3v) is 6.72. The molecule has 0 bridgehead atoms. The zero-order valence-electron chi connectivity index (χ0n) is 20.1. The van der Waals surface area contributed by atoms with Crippen LogP contribution < -0.4 is 5.32 Å². The summed E-state index contributed by atoms with van der Waals surface area (Å²) in [6.45, 7) is 8.02. The topological polar surface area (TPSA) is 80.8 Å². The fourth-order valence-corrected chi connectivity index (χ4v) is 4.97. The number of ether oxygens (including phenoxy) is 2. The molecular weight excluding hydrogens is 438 g/mol. The molecule has 2 amide bonds. The van der Waals surface area contributed by atoms with Crippen LogP contribution in [0, 0.1) is 5.92 Å². The molecule has 2 aromatic rings. The zero-order chi connectivity index (χ0) is 24.0. The van der Waals surface area contributed by atoms with Gasteiger partial charge in [0.1, 0.15) is 10.6 Å². The normalized spacial score (nSPS) is 19.1. The molecule has 1 aliphatic heterocycles. The second-order valence-corrected chi connectivity index (χ2v) is 10.4. The van der Waals surface area contributed by atoms with Crippen LogP contribution in [0.3, 0.4) is 0 Å². The lowest BCUT2D eigenvalue weighted by Gasteiger charge is -2.35. The van der Waals surface area contributed by atoms with E-state index in [1.54, 1.807) is 18.2 Å². The first-order valence-electron chi connectivity index (χ1n) is 11.5. The molecule has 180 valence electrons. The Kier molecular flexibility index (Phi) is 8.48. The van der Waals surface area contributed by atoms with Crippen molar-refractivity contribution in [2.45, 2.75) is 70.7 Å². The van der Waals surface area contributed by atoms with Crippen molar-refractivity contribution in [1.29, 1.82) is 0 Å². The van der Waals surface area contributed by atoms with E-state index in [0.29, 0.717) is 13.0 Å². The van der Waals surface area contributed by atoms with E-state index in [9.17, 15) is 9.59 Å². The smallest absolute Gasteiger partial charge is 0.410 e. The third kappa shape index (κ3) is 6.77. The van der Waals surface area contributed by atoms with Crippen LogP contribution in [-0.2, 0) is 20.7 Å². The van der Waals surface area contributed by atoms with Gasteiger partial charge in [0.25, 0.3) is 0 Å². The summed E-state index contributed by atoms with van der Waals surface area (Å²) in [6, 6.07) is 9.61. The number of hydrogen-bond acceptors (Lipinski definition) is 6. The maximum absolute atomic E-state index is 13.4. The van der Waals surface area contributed by atoms with E-state index in [4.69, 9.17) is 9.47 Å². The first-order chi connectivity index (χ1) is 15.7. The molecule has 2 heterocycles. The molecule has 1 saturated heterocycles. The monoisotopic (exact) mass is 473 g/mol. The van der Waals surface area contributed by atoms with Crippen molar-refractivity contribution in [2.24, 2.45) is 5.92 Å². The lowest BCUT2D eigenvalue weighted by Crippen LogP contribution is -2.51. The Morgan fingerprint density at radius 1 is 1.27 bits per heavy atom. The standard InChI is InChI=1S/C25H35N3O4S/c1-17(21(31-5)20-12-9-14-28(20)24(30)32-25(2,3)4)22(29)27-19(23-26-13-15-33-23)16-18-10-7-6-8-11-18/h6-8,10-11,13,15,17,19-21H,9,12,14,16H2,1-5H3,(H,27,29). The van der Waals surface area contributed by atoms with Gasteiger partial charge in [-0.2, -0.15) is 0 Å². The molecule has 3 rings (SSSR count). The van der Waals surface area contributed by atoms with Crippen molar-refractivity contribution in [3.63, 3.8) is 0 Å². The minimum Gasteiger partial charge on any atom is -0.444 e. The van der Waals surface area contributed by atoms with Crippen molar-refractivity contribution in [1.82, 2.24) is 15.2 Å². The number of aromatic nitrogens is 1. The minimum absolute atomic E-state index is 0.117.